The molecule has 0 fully saturated rings. The van der Waals surface area contributed by atoms with E-state index >= 15 is 0 Å². The second-order valence-corrected chi connectivity index (χ2v) is 4.16. The number of carbonyl (C=O) groups excluding carboxylic acids is 2. The van der Waals surface area contributed by atoms with Crippen molar-refractivity contribution in [3.8, 4) is 0 Å². The molecule has 1 aromatic heterocycles. The Kier molecular flexibility index (Phi) is 3.94. The molecule has 1 heterocycles. The summed E-state index contributed by atoms with van der Waals surface area (Å²) < 4.78 is 0. The van der Waals surface area contributed by atoms with Gasteiger partial charge in [-0.15, -0.1) is 0 Å². The second-order valence-electron chi connectivity index (χ2n) is 4.16. The average Bonchev–Trinajstić information content (AvgIpc) is 2.92. The number of urea groups is 1. The lowest BCUT2D eigenvalue weighted by Crippen LogP contribution is -2.27. The van der Waals surface area contributed by atoms with Crippen LogP contribution >= 0.6 is 0 Å². The van der Waals surface area contributed by atoms with Crippen molar-refractivity contribution in [2.24, 2.45) is 5.73 Å². The SMILES string of the molecule is CC(NC(=O)c1cn[nH]n1)c1ccc(NC(N)=O)cc1. The van der Waals surface area contributed by atoms with Gasteiger partial charge in [0.05, 0.1) is 12.2 Å². The molecule has 0 spiro atoms. The van der Waals surface area contributed by atoms with Crippen LogP contribution in [0.1, 0.15) is 29.0 Å². The van der Waals surface area contributed by atoms with Gasteiger partial charge in [-0.3, -0.25) is 4.79 Å². The van der Waals surface area contributed by atoms with Crippen LogP contribution in [0, 0.1) is 0 Å². The van der Waals surface area contributed by atoms with Crippen LogP contribution in [-0.2, 0) is 0 Å². The zero-order chi connectivity index (χ0) is 14.5. The minimum atomic E-state index is -0.620. The molecule has 20 heavy (non-hydrogen) atoms. The van der Waals surface area contributed by atoms with Crippen LogP contribution in [0.4, 0.5) is 10.5 Å². The summed E-state index contributed by atoms with van der Waals surface area (Å²) in [6.07, 6.45) is 1.35. The molecule has 3 amide bonds. The molecule has 104 valence electrons. The van der Waals surface area contributed by atoms with Crippen molar-refractivity contribution in [1.82, 2.24) is 20.7 Å². The summed E-state index contributed by atoms with van der Waals surface area (Å²) in [5, 5.41) is 14.9. The van der Waals surface area contributed by atoms with Gasteiger partial charge in [-0.05, 0) is 24.6 Å². The number of anilines is 1. The molecule has 0 radical (unpaired) electrons. The predicted molar refractivity (Wildman–Crippen MR) is 71.9 cm³/mol. The van der Waals surface area contributed by atoms with Crippen LogP contribution in [0.15, 0.2) is 30.5 Å². The summed E-state index contributed by atoms with van der Waals surface area (Å²) in [5.41, 5.74) is 6.73. The highest BCUT2D eigenvalue weighted by Crippen LogP contribution is 2.16. The fraction of sp³-hybridized carbons (Fsp3) is 0.167. The van der Waals surface area contributed by atoms with Crippen molar-refractivity contribution in [2.75, 3.05) is 5.32 Å². The summed E-state index contributed by atoms with van der Waals surface area (Å²) in [5.74, 6) is -0.314. The Balaban J connectivity index is 2.00. The molecule has 1 atom stereocenters. The highest BCUT2D eigenvalue weighted by atomic mass is 16.2. The quantitative estimate of drug-likeness (QED) is 0.657. The first-order valence-electron chi connectivity index (χ1n) is 5.89. The molecule has 0 saturated carbocycles. The molecule has 0 saturated heterocycles. The largest absolute Gasteiger partial charge is 0.351 e. The molecule has 1 unspecified atom stereocenters. The Morgan fingerprint density at radius 3 is 2.55 bits per heavy atom. The number of rotatable bonds is 4. The number of benzene rings is 1. The number of hydrogen-bond donors (Lipinski definition) is 4. The summed E-state index contributed by atoms with van der Waals surface area (Å²) in [6, 6.07) is 6.17. The van der Waals surface area contributed by atoms with Crippen LogP contribution in [-0.4, -0.2) is 27.3 Å². The number of H-pyrrole nitrogens is 1. The van der Waals surface area contributed by atoms with Crippen molar-refractivity contribution in [3.05, 3.63) is 41.7 Å². The number of primary amides is 1. The minimum Gasteiger partial charge on any atom is -0.351 e. The lowest BCUT2D eigenvalue weighted by atomic mass is 10.1. The molecule has 0 aliphatic rings. The maximum atomic E-state index is 11.8. The number of aromatic nitrogens is 3. The summed E-state index contributed by atoms with van der Waals surface area (Å²) in [7, 11) is 0. The Hall–Kier alpha value is -2.90. The Morgan fingerprint density at radius 1 is 1.30 bits per heavy atom. The van der Waals surface area contributed by atoms with Crippen molar-refractivity contribution in [1.29, 1.82) is 0 Å². The maximum Gasteiger partial charge on any atom is 0.316 e. The van der Waals surface area contributed by atoms with Crippen molar-refractivity contribution >= 4 is 17.6 Å². The van der Waals surface area contributed by atoms with E-state index in [9.17, 15) is 9.59 Å². The zero-order valence-electron chi connectivity index (χ0n) is 10.8. The molecule has 0 bridgehead atoms. The highest BCUT2D eigenvalue weighted by Gasteiger charge is 2.13. The number of hydrogen-bond acceptors (Lipinski definition) is 4. The highest BCUT2D eigenvalue weighted by molar-refractivity contribution is 5.92. The van der Waals surface area contributed by atoms with Crippen molar-refractivity contribution < 1.29 is 9.59 Å². The van der Waals surface area contributed by atoms with E-state index in [0.717, 1.165) is 5.56 Å². The minimum absolute atomic E-state index is 0.207. The van der Waals surface area contributed by atoms with Gasteiger partial charge in [0.15, 0.2) is 5.69 Å². The van der Waals surface area contributed by atoms with Gasteiger partial charge in [0.2, 0.25) is 0 Å². The van der Waals surface area contributed by atoms with E-state index in [0.29, 0.717) is 5.69 Å². The van der Waals surface area contributed by atoms with Gasteiger partial charge >= 0.3 is 6.03 Å². The lowest BCUT2D eigenvalue weighted by molar-refractivity contribution is 0.0935. The molecule has 8 heteroatoms. The average molecular weight is 274 g/mol. The Labute approximate surface area is 114 Å². The van der Waals surface area contributed by atoms with Gasteiger partial charge in [0.1, 0.15) is 0 Å². The normalized spacial score (nSPS) is 11.7. The van der Waals surface area contributed by atoms with Gasteiger partial charge in [-0.25, -0.2) is 4.79 Å². The third-order valence-electron chi connectivity index (χ3n) is 2.67. The fourth-order valence-corrected chi connectivity index (χ4v) is 1.66. The van der Waals surface area contributed by atoms with E-state index < -0.39 is 6.03 Å². The lowest BCUT2D eigenvalue weighted by Gasteiger charge is -2.13. The van der Waals surface area contributed by atoms with Gasteiger partial charge in [-0.1, -0.05) is 12.1 Å². The molecule has 2 rings (SSSR count). The first kappa shape index (κ1) is 13.5. The van der Waals surface area contributed by atoms with Gasteiger partial charge in [0, 0.05) is 5.69 Å². The molecule has 0 aliphatic heterocycles. The van der Waals surface area contributed by atoms with Crippen molar-refractivity contribution in [3.63, 3.8) is 0 Å². The summed E-state index contributed by atoms with van der Waals surface area (Å²) in [4.78, 5) is 22.5. The van der Waals surface area contributed by atoms with Crippen LogP contribution in [0.2, 0.25) is 0 Å². The third-order valence-corrected chi connectivity index (χ3v) is 2.67. The summed E-state index contributed by atoms with van der Waals surface area (Å²) in [6.45, 7) is 1.84. The van der Waals surface area contributed by atoms with Gasteiger partial charge in [0.25, 0.3) is 5.91 Å². The van der Waals surface area contributed by atoms with E-state index in [-0.39, 0.29) is 17.6 Å². The molecule has 8 nitrogen and oxygen atoms in total. The number of nitrogens with two attached hydrogens (primary N) is 1. The maximum absolute atomic E-state index is 11.8. The van der Waals surface area contributed by atoms with E-state index in [4.69, 9.17) is 5.73 Å². The Bertz CT molecular complexity index is 593. The Morgan fingerprint density at radius 2 is 2.00 bits per heavy atom. The van der Waals surface area contributed by atoms with E-state index in [1.807, 2.05) is 6.92 Å². The fourth-order valence-electron chi connectivity index (χ4n) is 1.66. The molecule has 0 aliphatic carbocycles. The number of nitrogens with zero attached hydrogens (tertiary/aromatic N) is 2. The first-order chi connectivity index (χ1) is 9.56. The number of amides is 3. The van der Waals surface area contributed by atoms with Crippen molar-refractivity contribution in [2.45, 2.75) is 13.0 Å². The van der Waals surface area contributed by atoms with Crippen LogP contribution in [0.3, 0.4) is 0 Å². The molecule has 2 aromatic rings. The standard InChI is InChI=1S/C12H14N6O2/c1-7(15-11(19)10-6-14-18-17-10)8-2-4-9(5-3-8)16-12(13)20/h2-7H,1H3,(H,15,19)(H3,13,16,20)(H,14,17,18). The molecular weight excluding hydrogens is 260 g/mol. The molecule has 1 aromatic carbocycles. The smallest absolute Gasteiger partial charge is 0.316 e. The third kappa shape index (κ3) is 3.31. The predicted octanol–water partition coefficient (Wildman–Crippen LogP) is 0.786. The zero-order valence-corrected chi connectivity index (χ0v) is 10.8. The van der Waals surface area contributed by atoms with Crippen LogP contribution < -0.4 is 16.4 Å². The molecular formula is C12H14N6O2. The van der Waals surface area contributed by atoms with Crippen LogP contribution in [0.5, 0.6) is 0 Å². The first-order valence-corrected chi connectivity index (χ1v) is 5.89. The number of nitrogens with one attached hydrogen (secondary N) is 3. The number of carbonyl (C=O) groups is 2. The van der Waals surface area contributed by atoms with E-state index in [2.05, 4.69) is 26.0 Å². The van der Waals surface area contributed by atoms with E-state index in [1.165, 1.54) is 6.20 Å². The van der Waals surface area contributed by atoms with E-state index in [1.54, 1.807) is 24.3 Å². The van der Waals surface area contributed by atoms with Crippen LogP contribution in [0.25, 0.3) is 0 Å². The monoisotopic (exact) mass is 274 g/mol. The number of aromatic amines is 1. The van der Waals surface area contributed by atoms with Gasteiger partial charge < -0.3 is 16.4 Å². The molecule has 5 N–H and O–H groups in total. The topological polar surface area (TPSA) is 126 Å². The summed E-state index contributed by atoms with van der Waals surface area (Å²) >= 11 is 0. The second kappa shape index (κ2) is 5.83. The van der Waals surface area contributed by atoms with Gasteiger partial charge in [-0.2, -0.15) is 15.4 Å².